The first-order valence-electron chi connectivity index (χ1n) is 14.5. The second-order valence-corrected chi connectivity index (χ2v) is 12.3. The Bertz CT molecular complexity index is 1440. The van der Waals surface area contributed by atoms with Gasteiger partial charge in [0, 0.05) is 75.6 Å². The maximum atomic E-state index is 13.2. The van der Waals surface area contributed by atoms with Gasteiger partial charge in [0.2, 0.25) is 0 Å². The number of nitrogens with one attached hydrogen (secondary N) is 2. The number of piperazine rings is 1. The minimum atomic E-state index is -0.528. The summed E-state index contributed by atoms with van der Waals surface area (Å²) in [5, 5.41) is 13.0. The number of anilines is 2. The Balaban J connectivity index is 1.26. The van der Waals surface area contributed by atoms with Crippen molar-refractivity contribution < 1.29 is 23.9 Å². The number of thiazole rings is 1. The molecule has 14 heteroatoms. The monoisotopic (exact) mass is 610 g/mol. The molecule has 1 saturated heterocycles. The molecule has 5 rings (SSSR count). The molecule has 13 nitrogen and oxygen atoms in total. The lowest BCUT2D eigenvalue weighted by atomic mass is 10.1. The number of hydrogen-bond donors (Lipinski definition) is 2. The molecule has 3 aromatic rings. The number of carbonyl (C=O) groups excluding carboxylic acids is 3. The lowest BCUT2D eigenvalue weighted by Gasteiger charge is -2.35. The highest BCUT2D eigenvalue weighted by atomic mass is 32.1. The van der Waals surface area contributed by atoms with E-state index in [4.69, 9.17) is 9.47 Å². The summed E-state index contributed by atoms with van der Waals surface area (Å²) in [6, 6.07) is 3.74. The fourth-order valence-corrected chi connectivity index (χ4v) is 5.52. The van der Waals surface area contributed by atoms with Crippen LogP contribution in [0.4, 0.5) is 16.3 Å². The summed E-state index contributed by atoms with van der Waals surface area (Å²) < 4.78 is 12.9. The van der Waals surface area contributed by atoms with Gasteiger partial charge in [-0.25, -0.2) is 14.8 Å². The minimum Gasteiger partial charge on any atom is -0.444 e. The fraction of sp³-hybridized carbons (Fsp3) is 0.517. The van der Waals surface area contributed by atoms with E-state index in [1.807, 2.05) is 32.9 Å². The molecule has 0 aliphatic carbocycles. The summed E-state index contributed by atoms with van der Waals surface area (Å²) in [4.78, 5) is 51.6. The maximum Gasteiger partial charge on any atom is 0.410 e. The van der Waals surface area contributed by atoms with E-state index in [0.29, 0.717) is 82.0 Å². The second kappa shape index (κ2) is 13.6. The van der Waals surface area contributed by atoms with Crippen LogP contribution in [0.2, 0.25) is 0 Å². The largest absolute Gasteiger partial charge is 0.444 e. The number of nitrogens with zero attached hydrogens (tertiary/aromatic N) is 6. The smallest absolute Gasteiger partial charge is 0.410 e. The van der Waals surface area contributed by atoms with Crippen molar-refractivity contribution in [3.8, 4) is 10.6 Å². The molecule has 2 N–H and O–H groups in total. The highest BCUT2D eigenvalue weighted by molar-refractivity contribution is 7.13. The zero-order valence-electron chi connectivity index (χ0n) is 24.8. The Morgan fingerprint density at radius 2 is 1.95 bits per heavy atom. The zero-order chi connectivity index (χ0) is 30.4. The van der Waals surface area contributed by atoms with Gasteiger partial charge in [0.05, 0.1) is 18.8 Å². The highest BCUT2D eigenvalue weighted by Gasteiger charge is 2.26. The van der Waals surface area contributed by atoms with Gasteiger partial charge in [-0.05, 0) is 39.3 Å². The Hall–Kier alpha value is -3.88. The van der Waals surface area contributed by atoms with Crippen molar-refractivity contribution in [1.29, 1.82) is 0 Å². The van der Waals surface area contributed by atoms with Crippen LogP contribution in [0.3, 0.4) is 0 Å². The van der Waals surface area contributed by atoms with Gasteiger partial charge in [0.1, 0.15) is 22.1 Å². The lowest BCUT2D eigenvalue weighted by Crippen LogP contribution is -2.50. The van der Waals surface area contributed by atoms with Crippen LogP contribution in [0, 0.1) is 0 Å². The molecule has 2 aliphatic heterocycles. The number of pyridine rings is 1. The van der Waals surface area contributed by atoms with Crippen molar-refractivity contribution >= 4 is 40.6 Å². The topological polar surface area (TPSA) is 144 Å². The number of aromatic nitrogens is 4. The van der Waals surface area contributed by atoms with Crippen LogP contribution < -0.4 is 10.6 Å². The van der Waals surface area contributed by atoms with E-state index >= 15 is 0 Å². The third-order valence-electron chi connectivity index (χ3n) is 6.93. The van der Waals surface area contributed by atoms with Crippen LogP contribution in [-0.2, 0) is 16.0 Å². The Morgan fingerprint density at radius 1 is 1.14 bits per heavy atom. The highest BCUT2D eigenvalue weighted by Crippen LogP contribution is 2.26. The van der Waals surface area contributed by atoms with Gasteiger partial charge in [-0.1, -0.05) is 0 Å². The molecular weight excluding hydrogens is 572 g/mol. The maximum absolute atomic E-state index is 13.2. The first-order valence-corrected chi connectivity index (χ1v) is 15.4. The normalized spacial score (nSPS) is 17.3. The van der Waals surface area contributed by atoms with Gasteiger partial charge >= 0.3 is 6.09 Å². The summed E-state index contributed by atoms with van der Waals surface area (Å²) in [5.74, 6) is 0.118. The molecule has 43 heavy (non-hydrogen) atoms. The average Bonchev–Trinajstić information content (AvgIpc) is 3.63. The van der Waals surface area contributed by atoms with Gasteiger partial charge in [-0.15, -0.1) is 11.3 Å². The number of ketones is 1. The summed E-state index contributed by atoms with van der Waals surface area (Å²) in [7, 11) is 0. The molecule has 3 aromatic heterocycles. The van der Waals surface area contributed by atoms with E-state index in [1.54, 1.807) is 27.4 Å². The summed E-state index contributed by atoms with van der Waals surface area (Å²) >= 11 is 1.36. The van der Waals surface area contributed by atoms with Crippen molar-refractivity contribution in [3.05, 3.63) is 41.3 Å². The summed E-state index contributed by atoms with van der Waals surface area (Å²) in [6.07, 6.45) is 3.88. The van der Waals surface area contributed by atoms with E-state index in [9.17, 15) is 14.4 Å². The van der Waals surface area contributed by atoms with Gasteiger partial charge in [-0.2, -0.15) is 5.10 Å². The van der Waals surface area contributed by atoms with Gasteiger partial charge in [0.15, 0.2) is 11.5 Å². The quantitative estimate of drug-likeness (QED) is 0.451. The fourth-order valence-electron chi connectivity index (χ4n) is 4.72. The molecule has 2 aliphatic rings. The van der Waals surface area contributed by atoms with Gasteiger partial charge in [-0.3, -0.25) is 19.2 Å². The Kier molecular flexibility index (Phi) is 9.68. The summed E-state index contributed by atoms with van der Waals surface area (Å²) in [5.41, 5.74) is 1.16. The van der Waals surface area contributed by atoms with Crippen LogP contribution in [0.1, 0.15) is 54.6 Å². The standard InChI is InChI=1S/C29H38N8O5S/c1-29(2,3)42-28(40)36-12-9-35(10-13-36)11-14-37-18-21-25(34-37)23(38)5-4-15-41-16-8-31-24-17-20(6-7-30-24)27-33-22(19-43-27)26(39)32-21/h6-7,17-19H,4-5,8-16H2,1-3H3,(H,30,31)(H,32,39). The van der Waals surface area contributed by atoms with Crippen LogP contribution in [0.5, 0.6) is 0 Å². The molecule has 0 atom stereocenters. The molecule has 0 saturated carbocycles. The van der Waals surface area contributed by atoms with E-state index in [-0.39, 0.29) is 29.7 Å². The zero-order valence-corrected chi connectivity index (χ0v) is 25.6. The number of carbonyl (C=O) groups is 3. The van der Waals surface area contributed by atoms with E-state index < -0.39 is 11.5 Å². The summed E-state index contributed by atoms with van der Waals surface area (Å²) in [6.45, 7) is 10.8. The molecule has 1 fully saturated rings. The van der Waals surface area contributed by atoms with Crippen molar-refractivity contribution in [3.63, 3.8) is 0 Å². The van der Waals surface area contributed by atoms with E-state index in [0.717, 1.165) is 5.56 Å². The van der Waals surface area contributed by atoms with Gasteiger partial charge in [0.25, 0.3) is 5.91 Å². The molecule has 230 valence electrons. The number of amides is 2. The molecule has 5 heterocycles. The van der Waals surface area contributed by atoms with Crippen LogP contribution in [0.25, 0.3) is 10.6 Å². The number of fused-ring (bicyclic) bond motifs is 6. The second-order valence-electron chi connectivity index (χ2n) is 11.5. The van der Waals surface area contributed by atoms with Crippen molar-refractivity contribution in [1.82, 2.24) is 29.5 Å². The van der Waals surface area contributed by atoms with Crippen LogP contribution in [0.15, 0.2) is 29.9 Å². The third kappa shape index (κ3) is 8.36. The molecule has 0 radical (unpaired) electrons. The molecule has 4 bridgehead atoms. The van der Waals surface area contributed by atoms with E-state index in [1.165, 1.54) is 11.3 Å². The Labute approximate surface area is 254 Å². The van der Waals surface area contributed by atoms with Crippen molar-refractivity contribution in [2.24, 2.45) is 0 Å². The molecule has 2 amide bonds. The number of hydrogen-bond acceptors (Lipinski definition) is 11. The number of Topliss-reactive ketones (excluding diaryl/α,β-unsaturated/α-hetero) is 1. The molecule has 0 spiro atoms. The third-order valence-corrected chi connectivity index (χ3v) is 7.82. The van der Waals surface area contributed by atoms with Gasteiger partial charge < -0.3 is 25.0 Å². The average molecular weight is 611 g/mol. The van der Waals surface area contributed by atoms with Crippen molar-refractivity contribution in [2.75, 3.05) is 63.1 Å². The minimum absolute atomic E-state index is 0.166. The SMILES string of the molecule is CC(C)(C)OC(=O)N1CCN(CCn2cc3c(n2)C(=O)CCCOCCNc2cc(ccn2)-c2nc(cs2)C(=O)N3)CC1. The predicted molar refractivity (Wildman–Crippen MR) is 163 cm³/mol. The van der Waals surface area contributed by atoms with Crippen LogP contribution in [-0.4, -0.2) is 105 Å². The molecule has 0 unspecified atom stereocenters. The van der Waals surface area contributed by atoms with Crippen molar-refractivity contribution in [2.45, 2.75) is 45.8 Å². The van der Waals surface area contributed by atoms with E-state index in [2.05, 4.69) is 30.6 Å². The van der Waals surface area contributed by atoms with Crippen LogP contribution >= 0.6 is 11.3 Å². The first kappa shape index (κ1) is 30.6. The lowest BCUT2D eigenvalue weighted by molar-refractivity contribution is 0.0142. The Morgan fingerprint density at radius 3 is 2.74 bits per heavy atom. The number of ether oxygens (including phenoxy) is 2. The molecule has 0 aromatic carbocycles. The molecular formula is C29H38N8O5S. The first-order chi connectivity index (χ1) is 20.6. The number of rotatable bonds is 3. The predicted octanol–water partition coefficient (Wildman–Crippen LogP) is 3.61.